The van der Waals surface area contributed by atoms with Crippen molar-refractivity contribution < 1.29 is 9.90 Å². The van der Waals surface area contributed by atoms with Crippen LogP contribution in [-0.2, 0) is 0 Å². The zero-order valence-corrected chi connectivity index (χ0v) is 13.0. The SMILES string of the molecule is Cc1ccc2c(c1)[C@@H]1C=CC[C@@H]1[C@H](c1ccc(C(=O)O)cc1)N2. The summed E-state index contributed by atoms with van der Waals surface area (Å²) >= 11 is 0. The second kappa shape index (κ2) is 5.27. The van der Waals surface area contributed by atoms with Crippen molar-refractivity contribution in [3.63, 3.8) is 0 Å². The van der Waals surface area contributed by atoms with E-state index in [2.05, 4.69) is 42.6 Å². The third-order valence-corrected chi connectivity index (χ3v) is 5.04. The zero-order chi connectivity index (χ0) is 16.0. The van der Waals surface area contributed by atoms with Crippen LogP contribution in [0.5, 0.6) is 0 Å². The number of allylic oxidation sites excluding steroid dienone is 2. The van der Waals surface area contributed by atoms with E-state index in [-0.39, 0.29) is 6.04 Å². The average molecular weight is 305 g/mol. The molecule has 0 radical (unpaired) electrons. The van der Waals surface area contributed by atoms with Gasteiger partial charge >= 0.3 is 5.97 Å². The van der Waals surface area contributed by atoms with E-state index in [1.807, 2.05) is 12.1 Å². The van der Waals surface area contributed by atoms with Crippen LogP contribution >= 0.6 is 0 Å². The summed E-state index contributed by atoms with van der Waals surface area (Å²) in [6, 6.07) is 14.1. The average Bonchev–Trinajstić information content (AvgIpc) is 3.04. The molecule has 2 aliphatic rings. The van der Waals surface area contributed by atoms with Crippen LogP contribution in [-0.4, -0.2) is 11.1 Å². The van der Waals surface area contributed by atoms with E-state index in [4.69, 9.17) is 5.11 Å². The largest absolute Gasteiger partial charge is 0.478 e. The van der Waals surface area contributed by atoms with Gasteiger partial charge in [-0.1, -0.05) is 42.0 Å². The first-order valence-electron chi connectivity index (χ1n) is 8.00. The summed E-state index contributed by atoms with van der Waals surface area (Å²) in [5.74, 6) is 0.0460. The third-order valence-electron chi connectivity index (χ3n) is 5.04. The fraction of sp³-hybridized carbons (Fsp3) is 0.250. The van der Waals surface area contributed by atoms with Crippen molar-refractivity contribution in [2.75, 3.05) is 5.32 Å². The highest BCUT2D eigenvalue weighted by Crippen LogP contribution is 2.49. The molecule has 116 valence electrons. The Balaban J connectivity index is 1.73. The molecule has 0 amide bonds. The Labute approximate surface area is 135 Å². The molecule has 0 saturated carbocycles. The second-order valence-corrected chi connectivity index (χ2v) is 6.49. The fourth-order valence-corrected chi connectivity index (χ4v) is 3.88. The van der Waals surface area contributed by atoms with Gasteiger partial charge in [-0.25, -0.2) is 4.79 Å². The summed E-state index contributed by atoms with van der Waals surface area (Å²) in [6.07, 6.45) is 5.64. The minimum atomic E-state index is -0.880. The van der Waals surface area contributed by atoms with Crippen molar-refractivity contribution in [2.45, 2.75) is 25.3 Å². The van der Waals surface area contributed by atoms with E-state index >= 15 is 0 Å². The van der Waals surface area contributed by atoms with Crippen molar-refractivity contribution in [1.29, 1.82) is 0 Å². The Morgan fingerprint density at radius 1 is 1.17 bits per heavy atom. The molecule has 3 nitrogen and oxygen atoms in total. The van der Waals surface area contributed by atoms with E-state index in [9.17, 15) is 4.79 Å². The van der Waals surface area contributed by atoms with Gasteiger partial charge in [0, 0.05) is 11.6 Å². The molecule has 0 saturated heterocycles. The van der Waals surface area contributed by atoms with Gasteiger partial charge in [0.2, 0.25) is 0 Å². The summed E-state index contributed by atoms with van der Waals surface area (Å²) in [6.45, 7) is 2.13. The first-order chi connectivity index (χ1) is 11.1. The van der Waals surface area contributed by atoms with Gasteiger partial charge in [-0.15, -0.1) is 0 Å². The van der Waals surface area contributed by atoms with Crippen molar-refractivity contribution in [3.8, 4) is 0 Å². The van der Waals surface area contributed by atoms with Crippen molar-refractivity contribution in [1.82, 2.24) is 0 Å². The monoisotopic (exact) mass is 305 g/mol. The number of carbonyl (C=O) groups is 1. The number of carboxylic acids is 1. The molecule has 2 aromatic carbocycles. The van der Waals surface area contributed by atoms with Gasteiger partial charge < -0.3 is 10.4 Å². The highest BCUT2D eigenvalue weighted by atomic mass is 16.4. The van der Waals surface area contributed by atoms with Gasteiger partial charge in [0.1, 0.15) is 0 Å². The molecule has 0 bridgehead atoms. The molecular formula is C20H19NO2. The van der Waals surface area contributed by atoms with E-state index in [0.29, 0.717) is 17.4 Å². The molecule has 1 aliphatic heterocycles. The number of benzene rings is 2. The molecule has 3 atom stereocenters. The van der Waals surface area contributed by atoms with Crippen molar-refractivity contribution in [2.24, 2.45) is 5.92 Å². The Kier molecular flexibility index (Phi) is 3.22. The number of hydrogen-bond donors (Lipinski definition) is 2. The Morgan fingerprint density at radius 3 is 2.70 bits per heavy atom. The zero-order valence-electron chi connectivity index (χ0n) is 13.0. The molecule has 1 aliphatic carbocycles. The van der Waals surface area contributed by atoms with Gasteiger partial charge in [0.05, 0.1) is 11.6 Å². The number of carboxylic acid groups (broad SMARTS) is 1. The topological polar surface area (TPSA) is 49.3 Å². The van der Waals surface area contributed by atoms with Gasteiger partial charge in [0.25, 0.3) is 0 Å². The van der Waals surface area contributed by atoms with E-state index in [1.54, 1.807) is 12.1 Å². The van der Waals surface area contributed by atoms with E-state index in [0.717, 1.165) is 12.0 Å². The fourth-order valence-electron chi connectivity index (χ4n) is 3.88. The number of fused-ring (bicyclic) bond motifs is 3. The quantitative estimate of drug-likeness (QED) is 0.802. The molecule has 2 aromatic rings. The lowest BCUT2D eigenvalue weighted by atomic mass is 9.76. The van der Waals surface area contributed by atoms with Gasteiger partial charge in [-0.05, 0) is 48.6 Å². The molecule has 1 heterocycles. The summed E-state index contributed by atoms with van der Waals surface area (Å²) in [4.78, 5) is 11.0. The predicted molar refractivity (Wildman–Crippen MR) is 90.9 cm³/mol. The van der Waals surface area contributed by atoms with Crippen LogP contribution in [0, 0.1) is 12.8 Å². The lowest BCUT2D eigenvalue weighted by Gasteiger charge is -2.37. The summed E-state index contributed by atoms with van der Waals surface area (Å²) in [5, 5.41) is 12.7. The number of hydrogen-bond acceptors (Lipinski definition) is 2. The highest BCUT2D eigenvalue weighted by molar-refractivity contribution is 5.87. The van der Waals surface area contributed by atoms with Crippen LogP contribution in [0.25, 0.3) is 0 Å². The first-order valence-corrected chi connectivity index (χ1v) is 8.00. The van der Waals surface area contributed by atoms with Crippen LogP contribution < -0.4 is 5.32 Å². The lowest BCUT2D eigenvalue weighted by Crippen LogP contribution is -2.29. The smallest absolute Gasteiger partial charge is 0.335 e. The molecule has 23 heavy (non-hydrogen) atoms. The Bertz CT molecular complexity index is 792. The van der Waals surface area contributed by atoms with Gasteiger partial charge in [-0.2, -0.15) is 0 Å². The predicted octanol–water partition coefficient (Wildman–Crippen LogP) is 4.52. The summed E-state index contributed by atoms with van der Waals surface area (Å²) < 4.78 is 0. The van der Waals surface area contributed by atoms with Crippen LogP contribution in [0.1, 0.15) is 45.4 Å². The lowest BCUT2D eigenvalue weighted by molar-refractivity contribution is 0.0697. The standard InChI is InChI=1S/C20H19NO2/c1-12-5-10-18-17(11-12)15-3-2-4-16(15)19(21-18)13-6-8-14(9-7-13)20(22)23/h2-3,5-11,15-16,19,21H,4H2,1H3,(H,22,23)/t15-,16+,19+/m1/s1. The summed E-state index contributed by atoms with van der Waals surface area (Å²) in [5.41, 5.74) is 5.34. The molecule has 0 fully saturated rings. The molecule has 0 unspecified atom stereocenters. The number of rotatable bonds is 2. The number of aryl methyl sites for hydroxylation is 1. The molecule has 0 aromatic heterocycles. The minimum Gasteiger partial charge on any atom is -0.478 e. The van der Waals surface area contributed by atoms with E-state index in [1.165, 1.54) is 16.8 Å². The van der Waals surface area contributed by atoms with Crippen molar-refractivity contribution in [3.05, 3.63) is 76.9 Å². The maximum absolute atomic E-state index is 11.0. The maximum Gasteiger partial charge on any atom is 0.335 e. The normalized spacial score (nSPS) is 24.7. The van der Waals surface area contributed by atoms with Crippen LogP contribution in [0.4, 0.5) is 5.69 Å². The number of nitrogens with one attached hydrogen (secondary N) is 1. The summed E-state index contributed by atoms with van der Waals surface area (Å²) in [7, 11) is 0. The molecule has 4 rings (SSSR count). The number of anilines is 1. The molecular weight excluding hydrogens is 286 g/mol. The van der Waals surface area contributed by atoms with Gasteiger partial charge in [-0.3, -0.25) is 0 Å². The third kappa shape index (κ3) is 2.33. The second-order valence-electron chi connectivity index (χ2n) is 6.49. The van der Waals surface area contributed by atoms with Gasteiger partial charge in [0.15, 0.2) is 0 Å². The first kappa shape index (κ1) is 14.1. The van der Waals surface area contributed by atoms with Crippen molar-refractivity contribution >= 4 is 11.7 Å². The molecule has 2 N–H and O–H groups in total. The minimum absolute atomic E-state index is 0.216. The Morgan fingerprint density at radius 2 is 1.96 bits per heavy atom. The van der Waals surface area contributed by atoms with Crippen LogP contribution in [0.2, 0.25) is 0 Å². The van der Waals surface area contributed by atoms with Crippen LogP contribution in [0.15, 0.2) is 54.6 Å². The molecule has 0 spiro atoms. The van der Waals surface area contributed by atoms with Crippen LogP contribution in [0.3, 0.4) is 0 Å². The molecule has 3 heteroatoms. The maximum atomic E-state index is 11.0. The van der Waals surface area contributed by atoms with E-state index < -0.39 is 5.97 Å². The Hall–Kier alpha value is -2.55. The highest BCUT2D eigenvalue weighted by Gasteiger charge is 2.37. The number of aromatic carboxylic acids is 1.